The standard InChI is InChI=1S/C18H24N4O3/c1-20(9-13-4-6-15(25-3)7-5-13)16-11-22(12-17(16)23)18(24)14-8-19-21(2)10-14/h4-8,10,16-17,23H,9,11-12H2,1-3H3/t16-,17-/m1/s1. The minimum atomic E-state index is -0.566. The van der Waals surface area contributed by atoms with Gasteiger partial charge in [0.15, 0.2) is 0 Å². The number of carbonyl (C=O) groups is 1. The zero-order valence-electron chi connectivity index (χ0n) is 14.8. The molecule has 0 radical (unpaired) electrons. The van der Waals surface area contributed by atoms with E-state index in [2.05, 4.69) is 10.00 Å². The number of aliphatic hydroxyl groups is 1. The second-order valence-corrected chi connectivity index (χ2v) is 6.51. The molecule has 1 aromatic heterocycles. The zero-order chi connectivity index (χ0) is 18.0. The lowest BCUT2D eigenvalue weighted by atomic mass is 10.1. The molecular formula is C18H24N4O3. The number of rotatable bonds is 5. The third-order valence-corrected chi connectivity index (χ3v) is 4.66. The molecule has 1 aromatic carbocycles. The summed E-state index contributed by atoms with van der Waals surface area (Å²) in [5.41, 5.74) is 1.68. The second-order valence-electron chi connectivity index (χ2n) is 6.51. The van der Waals surface area contributed by atoms with Crippen LogP contribution in [0.5, 0.6) is 5.75 Å². The summed E-state index contributed by atoms with van der Waals surface area (Å²) in [6, 6.07) is 7.77. The number of ether oxygens (including phenoxy) is 1. The number of β-amino-alcohol motifs (C(OH)–C–C–N with tert-alkyl or cyclic N) is 1. The number of hydrogen-bond donors (Lipinski definition) is 1. The van der Waals surface area contributed by atoms with Crippen LogP contribution in [-0.2, 0) is 13.6 Å². The van der Waals surface area contributed by atoms with Gasteiger partial charge in [0.2, 0.25) is 0 Å². The van der Waals surface area contributed by atoms with Crippen LogP contribution in [0, 0.1) is 0 Å². The number of methoxy groups -OCH3 is 1. The highest BCUT2D eigenvalue weighted by atomic mass is 16.5. The number of likely N-dealkylation sites (tertiary alicyclic amines) is 1. The number of aliphatic hydroxyl groups excluding tert-OH is 1. The highest BCUT2D eigenvalue weighted by Gasteiger charge is 2.36. The van der Waals surface area contributed by atoms with E-state index in [4.69, 9.17) is 4.74 Å². The van der Waals surface area contributed by atoms with E-state index < -0.39 is 6.10 Å². The normalized spacial score (nSPS) is 20.3. The highest BCUT2D eigenvalue weighted by molar-refractivity contribution is 5.94. The molecule has 2 aromatic rings. The Hall–Kier alpha value is -2.38. The van der Waals surface area contributed by atoms with Crippen molar-refractivity contribution in [1.82, 2.24) is 19.6 Å². The van der Waals surface area contributed by atoms with Crippen molar-refractivity contribution in [3.05, 3.63) is 47.8 Å². The van der Waals surface area contributed by atoms with E-state index in [1.165, 1.54) is 0 Å². The number of likely N-dealkylation sites (N-methyl/N-ethyl adjacent to an activating group) is 1. The van der Waals surface area contributed by atoms with Gasteiger partial charge in [-0.3, -0.25) is 14.4 Å². The van der Waals surface area contributed by atoms with Crippen LogP contribution in [0.15, 0.2) is 36.7 Å². The number of benzene rings is 1. The van der Waals surface area contributed by atoms with Crippen molar-refractivity contribution in [2.75, 3.05) is 27.2 Å². The summed E-state index contributed by atoms with van der Waals surface area (Å²) in [6.07, 6.45) is 2.69. The molecule has 0 bridgehead atoms. The van der Waals surface area contributed by atoms with Crippen molar-refractivity contribution in [3.8, 4) is 5.75 Å². The molecule has 2 atom stereocenters. The van der Waals surface area contributed by atoms with Gasteiger partial charge < -0.3 is 14.7 Å². The van der Waals surface area contributed by atoms with Crippen molar-refractivity contribution < 1.29 is 14.6 Å². The molecule has 1 N–H and O–H groups in total. The van der Waals surface area contributed by atoms with E-state index in [-0.39, 0.29) is 11.9 Å². The number of aryl methyl sites for hydroxylation is 1. The van der Waals surface area contributed by atoms with Gasteiger partial charge >= 0.3 is 0 Å². The first kappa shape index (κ1) is 17.4. The van der Waals surface area contributed by atoms with Crippen LogP contribution >= 0.6 is 0 Å². The molecule has 7 nitrogen and oxygen atoms in total. The summed E-state index contributed by atoms with van der Waals surface area (Å²) in [5.74, 6) is 0.730. The summed E-state index contributed by atoms with van der Waals surface area (Å²) in [7, 11) is 5.39. The van der Waals surface area contributed by atoms with Gasteiger partial charge in [0.25, 0.3) is 5.91 Å². The Labute approximate surface area is 147 Å². The predicted octanol–water partition coefficient (Wildman–Crippen LogP) is 0.746. The molecule has 2 heterocycles. The first-order valence-corrected chi connectivity index (χ1v) is 8.27. The summed E-state index contributed by atoms with van der Waals surface area (Å²) in [6.45, 7) is 1.54. The van der Waals surface area contributed by atoms with Gasteiger partial charge in [0.05, 0.1) is 31.0 Å². The summed E-state index contributed by atoms with van der Waals surface area (Å²) in [4.78, 5) is 16.3. The Kier molecular flexibility index (Phi) is 5.06. The average Bonchev–Trinajstić information content (AvgIpc) is 3.21. The van der Waals surface area contributed by atoms with Crippen LogP contribution in [0.2, 0.25) is 0 Å². The van der Waals surface area contributed by atoms with Gasteiger partial charge in [-0.05, 0) is 24.7 Å². The fourth-order valence-electron chi connectivity index (χ4n) is 3.22. The number of amides is 1. The van der Waals surface area contributed by atoms with Crippen LogP contribution in [0.25, 0.3) is 0 Å². The Morgan fingerprint density at radius 3 is 2.68 bits per heavy atom. The molecule has 3 rings (SSSR count). The molecule has 1 saturated heterocycles. The molecule has 0 unspecified atom stereocenters. The fraction of sp³-hybridized carbons (Fsp3) is 0.444. The molecule has 0 aliphatic carbocycles. The van der Waals surface area contributed by atoms with Crippen LogP contribution < -0.4 is 4.74 Å². The summed E-state index contributed by atoms with van der Waals surface area (Å²) >= 11 is 0. The van der Waals surface area contributed by atoms with Crippen LogP contribution in [0.4, 0.5) is 0 Å². The largest absolute Gasteiger partial charge is 0.497 e. The number of aromatic nitrogens is 2. The lowest BCUT2D eigenvalue weighted by Crippen LogP contribution is -2.40. The first-order valence-electron chi connectivity index (χ1n) is 8.27. The molecule has 1 fully saturated rings. The van der Waals surface area contributed by atoms with E-state index in [0.29, 0.717) is 25.2 Å². The van der Waals surface area contributed by atoms with E-state index in [1.54, 1.807) is 36.1 Å². The van der Waals surface area contributed by atoms with Crippen molar-refractivity contribution in [3.63, 3.8) is 0 Å². The third kappa shape index (κ3) is 3.83. The lowest BCUT2D eigenvalue weighted by molar-refractivity contribution is 0.0762. The van der Waals surface area contributed by atoms with Gasteiger partial charge in [-0.2, -0.15) is 5.10 Å². The zero-order valence-corrected chi connectivity index (χ0v) is 14.8. The molecule has 1 aliphatic rings. The summed E-state index contributed by atoms with van der Waals surface area (Å²) < 4.78 is 6.77. The molecule has 7 heteroatoms. The maximum atomic E-state index is 12.5. The molecule has 0 saturated carbocycles. The fourth-order valence-corrected chi connectivity index (χ4v) is 3.22. The van der Waals surface area contributed by atoms with Gasteiger partial charge in [0.1, 0.15) is 5.75 Å². The van der Waals surface area contributed by atoms with Gasteiger partial charge in [-0.15, -0.1) is 0 Å². The van der Waals surface area contributed by atoms with Crippen molar-refractivity contribution in [2.24, 2.45) is 7.05 Å². The molecule has 1 aliphatic heterocycles. The minimum absolute atomic E-state index is 0.0903. The van der Waals surface area contributed by atoms with Gasteiger partial charge in [0, 0.05) is 32.9 Å². The third-order valence-electron chi connectivity index (χ3n) is 4.66. The van der Waals surface area contributed by atoms with Gasteiger partial charge in [-0.25, -0.2) is 0 Å². The molecule has 0 spiro atoms. The Morgan fingerprint density at radius 2 is 2.08 bits per heavy atom. The Bertz CT molecular complexity index is 728. The second kappa shape index (κ2) is 7.25. The maximum Gasteiger partial charge on any atom is 0.257 e. The van der Waals surface area contributed by atoms with Crippen molar-refractivity contribution >= 4 is 5.91 Å². The Balaban J connectivity index is 1.63. The molecule has 1 amide bonds. The average molecular weight is 344 g/mol. The van der Waals surface area contributed by atoms with E-state index >= 15 is 0 Å². The molecule has 25 heavy (non-hydrogen) atoms. The summed E-state index contributed by atoms with van der Waals surface area (Å²) in [5, 5.41) is 14.5. The predicted molar refractivity (Wildman–Crippen MR) is 93.4 cm³/mol. The number of nitrogens with zero attached hydrogens (tertiary/aromatic N) is 4. The van der Waals surface area contributed by atoms with E-state index in [1.807, 2.05) is 31.3 Å². The minimum Gasteiger partial charge on any atom is -0.497 e. The van der Waals surface area contributed by atoms with Crippen molar-refractivity contribution in [2.45, 2.75) is 18.7 Å². The topological polar surface area (TPSA) is 70.8 Å². The van der Waals surface area contributed by atoms with Crippen LogP contribution in [0.1, 0.15) is 15.9 Å². The molecular weight excluding hydrogens is 320 g/mol. The van der Waals surface area contributed by atoms with Gasteiger partial charge in [-0.1, -0.05) is 12.1 Å². The highest BCUT2D eigenvalue weighted by Crippen LogP contribution is 2.20. The SMILES string of the molecule is COc1ccc(CN(C)[C@@H]2CN(C(=O)c3cnn(C)c3)C[C@H]2O)cc1. The first-order chi connectivity index (χ1) is 12.0. The number of hydrogen-bond acceptors (Lipinski definition) is 5. The van der Waals surface area contributed by atoms with Crippen molar-refractivity contribution in [1.29, 1.82) is 0 Å². The quantitative estimate of drug-likeness (QED) is 0.867. The number of carbonyl (C=O) groups excluding carboxylic acids is 1. The van der Waals surface area contributed by atoms with E-state index in [0.717, 1.165) is 11.3 Å². The molecule has 134 valence electrons. The van der Waals surface area contributed by atoms with E-state index in [9.17, 15) is 9.90 Å². The monoisotopic (exact) mass is 344 g/mol. The smallest absolute Gasteiger partial charge is 0.257 e. The lowest BCUT2D eigenvalue weighted by Gasteiger charge is -2.26. The van der Waals surface area contributed by atoms with Crippen LogP contribution in [-0.4, -0.2) is 70.0 Å². The maximum absolute atomic E-state index is 12.5. The van der Waals surface area contributed by atoms with Crippen LogP contribution in [0.3, 0.4) is 0 Å². The Morgan fingerprint density at radius 1 is 1.36 bits per heavy atom.